The van der Waals surface area contributed by atoms with Crippen molar-refractivity contribution in [2.24, 2.45) is 0 Å². The Kier molecular flexibility index (Phi) is 7.96. The largest absolute Gasteiger partial charge is 0.321 e. The van der Waals surface area contributed by atoms with Crippen LogP contribution in [0, 0.1) is 0 Å². The van der Waals surface area contributed by atoms with Crippen LogP contribution in [0.25, 0.3) is 10.1 Å². The minimum Gasteiger partial charge on any atom is -0.321 e. The van der Waals surface area contributed by atoms with E-state index in [9.17, 15) is 18.0 Å². The number of ketones is 1. The Labute approximate surface area is 245 Å². The molecular weight excluding hydrogens is 587 g/mol. The van der Waals surface area contributed by atoms with Crippen LogP contribution in [-0.2, 0) is 16.6 Å². The van der Waals surface area contributed by atoms with Crippen LogP contribution in [0.15, 0.2) is 97.1 Å². The van der Waals surface area contributed by atoms with Gasteiger partial charge < -0.3 is 5.32 Å². The minimum absolute atomic E-state index is 0.133. The fourth-order valence-corrected chi connectivity index (χ4v) is 6.31. The van der Waals surface area contributed by atoms with Crippen molar-refractivity contribution in [1.82, 2.24) is 0 Å². The molecule has 0 atom stereocenters. The fraction of sp³-hybridized carbons (Fsp3) is 0.0667. The van der Waals surface area contributed by atoms with Gasteiger partial charge in [0.05, 0.1) is 29.1 Å². The van der Waals surface area contributed by atoms with Crippen molar-refractivity contribution < 1.29 is 18.0 Å². The number of amides is 1. The number of nitrogens with one attached hydrogen (secondary N) is 1. The molecule has 6 nitrogen and oxygen atoms in total. The molecule has 0 aliphatic carbocycles. The van der Waals surface area contributed by atoms with Crippen LogP contribution in [0.3, 0.4) is 0 Å². The highest BCUT2D eigenvalue weighted by Crippen LogP contribution is 2.32. The Hall–Kier alpha value is -3.69. The number of hydrogen-bond acceptors (Lipinski definition) is 5. The highest BCUT2D eigenvalue weighted by molar-refractivity contribution is 7.92. The molecule has 0 aliphatic heterocycles. The number of nitrogens with zero attached hydrogens (tertiary/aromatic N) is 1. The van der Waals surface area contributed by atoms with Crippen molar-refractivity contribution in [3.63, 3.8) is 0 Å². The predicted octanol–water partition coefficient (Wildman–Crippen LogP) is 7.66. The molecule has 202 valence electrons. The first-order valence-corrected chi connectivity index (χ1v) is 15.5. The first-order valence-electron chi connectivity index (χ1n) is 12.0. The molecule has 0 aliphatic rings. The van der Waals surface area contributed by atoms with Crippen LogP contribution in [0.4, 0.5) is 11.4 Å². The summed E-state index contributed by atoms with van der Waals surface area (Å²) >= 11 is 13.4. The van der Waals surface area contributed by atoms with Crippen LogP contribution in [0.1, 0.15) is 31.2 Å². The smallest absolute Gasteiger partial charge is 0.265 e. The van der Waals surface area contributed by atoms with E-state index in [2.05, 4.69) is 5.32 Å². The van der Waals surface area contributed by atoms with Crippen LogP contribution in [0.2, 0.25) is 10.0 Å². The SMILES string of the molecule is CS(=O)(=O)N(Cc1ccc(Cl)cc1)c1ccc2sc(C(=O)Nc3ccc(Cl)cc3C(=O)c3ccccc3)cc2c1. The second-order valence-electron chi connectivity index (χ2n) is 9.07. The van der Waals surface area contributed by atoms with Crippen molar-refractivity contribution in [2.45, 2.75) is 6.54 Å². The molecule has 40 heavy (non-hydrogen) atoms. The van der Waals surface area contributed by atoms with E-state index in [-0.39, 0.29) is 17.9 Å². The summed E-state index contributed by atoms with van der Waals surface area (Å²) in [5.74, 6) is -0.658. The molecule has 0 saturated heterocycles. The average molecular weight is 610 g/mol. The van der Waals surface area contributed by atoms with Crippen molar-refractivity contribution >= 4 is 77.7 Å². The Morgan fingerprint density at radius 3 is 2.25 bits per heavy atom. The first-order chi connectivity index (χ1) is 19.1. The van der Waals surface area contributed by atoms with Gasteiger partial charge in [0.2, 0.25) is 10.0 Å². The summed E-state index contributed by atoms with van der Waals surface area (Å²) in [7, 11) is -3.60. The van der Waals surface area contributed by atoms with E-state index in [1.807, 2.05) is 6.07 Å². The van der Waals surface area contributed by atoms with Crippen molar-refractivity contribution in [1.29, 1.82) is 0 Å². The van der Waals surface area contributed by atoms with Gasteiger partial charge in [0, 0.05) is 25.9 Å². The summed E-state index contributed by atoms with van der Waals surface area (Å²) in [4.78, 5) is 26.8. The average Bonchev–Trinajstić information content (AvgIpc) is 3.37. The van der Waals surface area contributed by atoms with Gasteiger partial charge in [0.1, 0.15) is 0 Å². The van der Waals surface area contributed by atoms with Gasteiger partial charge >= 0.3 is 0 Å². The molecule has 0 unspecified atom stereocenters. The van der Waals surface area contributed by atoms with Crippen LogP contribution in [-0.4, -0.2) is 26.4 Å². The van der Waals surface area contributed by atoms with Gasteiger partial charge in [-0.15, -0.1) is 11.3 Å². The summed E-state index contributed by atoms with van der Waals surface area (Å²) < 4.78 is 27.5. The molecule has 5 rings (SSSR count). The van der Waals surface area contributed by atoms with Gasteiger partial charge in [0.25, 0.3) is 5.91 Å². The molecule has 0 radical (unpaired) electrons. The number of fused-ring (bicyclic) bond motifs is 1. The Bertz CT molecular complexity index is 1840. The molecule has 5 aromatic rings. The zero-order chi connectivity index (χ0) is 28.4. The molecule has 1 amide bonds. The number of carbonyl (C=O) groups excluding carboxylic acids is 2. The van der Waals surface area contributed by atoms with E-state index < -0.39 is 15.9 Å². The lowest BCUT2D eigenvalue weighted by atomic mass is 10.0. The maximum absolute atomic E-state index is 13.3. The highest BCUT2D eigenvalue weighted by atomic mass is 35.5. The second-order valence-corrected chi connectivity index (χ2v) is 12.9. The monoisotopic (exact) mass is 608 g/mol. The standard InChI is InChI=1S/C30H22Cl2N2O4S2/c1-40(37,38)34(18-19-7-9-22(31)10-8-19)24-12-14-27-21(15-24)16-28(39-27)30(36)33-26-13-11-23(32)17-25(26)29(35)20-5-3-2-4-6-20/h2-17H,18H2,1H3,(H,33,36). The molecule has 0 fully saturated rings. The molecule has 4 aromatic carbocycles. The maximum atomic E-state index is 13.3. The lowest BCUT2D eigenvalue weighted by molar-refractivity contribution is 0.103. The van der Waals surface area contributed by atoms with E-state index in [0.29, 0.717) is 37.2 Å². The summed E-state index contributed by atoms with van der Waals surface area (Å²) in [6.07, 6.45) is 1.15. The van der Waals surface area contributed by atoms with Gasteiger partial charge in [-0.2, -0.15) is 0 Å². The van der Waals surface area contributed by atoms with Gasteiger partial charge in [-0.3, -0.25) is 13.9 Å². The molecular formula is C30H22Cl2N2O4S2. The summed E-state index contributed by atoms with van der Waals surface area (Å²) in [6.45, 7) is 0.133. The molecule has 1 N–H and O–H groups in total. The van der Waals surface area contributed by atoms with E-state index >= 15 is 0 Å². The van der Waals surface area contributed by atoms with E-state index in [4.69, 9.17) is 23.2 Å². The molecule has 1 heterocycles. The Morgan fingerprint density at radius 2 is 1.55 bits per heavy atom. The van der Waals surface area contributed by atoms with Crippen LogP contribution >= 0.6 is 34.5 Å². The normalized spacial score (nSPS) is 11.4. The van der Waals surface area contributed by atoms with Crippen LogP contribution < -0.4 is 9.62 Å². The third-order valence-corrected chi connectivity index (χ3v) is 8.90. The number of sulfonamides is 1. The van der Waals surface area contributed by atoms with Crippen molar-refractivity contribution in [3.8, 4) is 0 Å². The van der Waals surface area contributed by atoms with Gasteiger partial charge in [0.15, 0.2) is 5.78 Å². The number of hydrogen-bond donors (Lipinski definition) is 1. The number of carbonyl (C=O) groups is 2. The molecule has 0 bridgehead atoms. The fourth-order valence-electron chi connectivity index (χ4n) is 4.20. The number of thiophene rings is 1. The van der Waals surface area contributed by atoms with Gasteiger partial charge in [-0.25, -0.2) is 8.42 Å². The number of rotatable bonds is 8. The lowest BCUT2D eigenvalue weighted by Crippen LogP contribution is -2.29. The summed E-state index contributed by atoms with van der Waals surface area (Å²) in [5, 5.41) is 4.50. The van der Waals surface area contributed by atoms with Crippen molar-refractivity contribution in [2.75, 3.05) is 15.9 Å². The Morgan fingerprint density at radius 1 is 0.850 bits per heavy atom. The summed E-state index contributed by atoms with van der Waals surface area (Å²) in [6, 6.07) is 27.4. The molecule has 10 heteroatoms. The van der Waals surface area contributed by atoms with E-state index in [1.54, 1.807) is 84.9 Å². The lowest BCUT2D eigenvalue weighted by Gasteiger charge is -2.22. The number of halogens is 2. The zero-order valence-corrected chi connectivity index (χ0v) is 24.2. The third-order valence-electron chi connectivity index (χ3n) is 6.16. The number of anilines is 2. The third kappa shape index (κ3) is 6.21. The van der Waals surface area contributed by atoms with Crippen LogP contribution in [0.5, 0.6) is 0 Å². The quantitative estimate of drug-likeness (QED) is 0.183. The zero-order valence-electron chi connectivity index (χ0n) is 21.1. The first kappa shape index (κ1) is 27.9. The van der Waals surface area contributed by atoms with Crippen molar-refractivity contribution in [3.05, 3.63) is 129 Å². The van der Waals surface area contributed by atoms with E-state index in [0.717, 1.165) is 16.5 Å². The predicted molar refractivity (Wildman–Crippen MR) is 164 cm³/mol. The topological polar surface area (TPSA) is 83.6 Å². The molecule has 1 aromatic heterocycles. The Balaban J connectivity index is 1.43. The second kappa shape index (κ2) is 11.4. The summed E-state index contributed by atoms with van der Waals surface area (Å²) in [5.41, 5.74) is 2.35. The molecule has 0 spiro atoms. The van der Waals surface area contributed by atoms with Gasteiger partial charge in [-0.1, -0.05) is 65.7 Å². The maximum Gasteiger partial charge on any atom is 0.265 e. The molecule has 0 saturated carbocycles. The minimum atomic E-state index is -3.60. The number of benzene rings is 4. The highest BCUT2D eigenvalue weighted by Gasteiger charge is 2.21. The van der Waals surface area contributed by atoms with Gasteiger partial charge in [-0.05, 0) is 65.5 Å². The van der Waals surface area contributed by atoms with E-state index in [1.165, 1.54) is 21.7 Å².